The Morgan fingerprint density at radius 3 is 2.58 bits per heavy atom. The van der Waals surface area contributed by atoms with Gasteiger partial charge < -0.3 is 16.0 Å². The average Bonchev–Trinajstić information content (AvgIpc) is 2.86. The Labute approximate surface area is 146 Å². The van der Waals surface area contributed by atoms with Crippen LogP contribution in [0.4, 0.5) is 5.00 Å². The number of nitrogens with one attached hydrogen (secondary N) is 1. The van der Waals surface area contributed by atoms with Gasteiger partial charge in [-0.15, -0.1) is 11.3 Å². The molecule has 24 heavy (non-hydrogen) atoms. The molecule has 2 rings (SSSR count). The van der Waals surface area contributed by atoms with Gasteiger partial charge in [0.1, 0.15) is 0 Å². The maximum Gasteiger partial charge on any atom is 0.264 e. The lowest BCUT2D eigenvalue weighted by Crippen LogP contribution is -2.44. The highest BCUT2D eigenvalue weighted by Gasteiger charge is 2.29. The zero-order chi connectivity index (χ0) is 18.1. The fourth-order valence-corrected chi connectivity index (χ4v) is 3.63. The van der Waals surface area contributed by atoms with Crippen molar-refractivity contribution in [2.45, 2.75) is 40.5 Å². The first-order valence-electron chi connectivity index (χ1n) is 8.10. The van der Waals surface area contributed by atoms with Gasteiger partial charge in [-0.05, 0) is 31.4 Å². The highest BCUT2D eigenvalue weighted by atomic mass is 32.1. The molecular weight excluding hydrogens is 326 g/mol. The predicted molar refractivity (Wildman–Crippen MR) is 95.0 cm³/mol. The van der Waals surface area contributed by atoms with Crippen LogP contribution in [0.25, 0.3) is 0 Å². The second-order valence-electron chi connectivity index (χ2n) is 7.32. The van der Waals surface area contributed by atoms with Gasteiger partial charge in [-0.2, -0.15) is 0 Å². The Morgan fingerprint density at radius 2 is 2.00 bits per heavy atom. The summed E-state index contributed by atoms with van der Waals surface area (Å²) in [5.74, 6) is -0.814. The topological polar surface area (TPSA) is 92.5 Å². The maximum absolute atomic E-state index is 12.8. The van der Waals surface area contributed by atoms with Crippen molar-refractivity contribution in [2.24, 2.45) is 17.1 Å². The maximum atomic E-state index is 12.8. The Bertz CT molecular complexity index is 661. The third-order valence-corrected chi connectivity index (χ3v) is 5.28. The molecule has 1 aliphatic rings. The molecule has 2 heterocycles. The number of aryl methyl sites for hydroxylation is 1. The van der Waals surface area contributed by atoms with Crippen LogP contribution in [0.15, 0.2) is 6.07 Å². The number of nitrogens with zero attached hydrogens (tertiary/aromatic N) is 1. The minimum absolute atomic E-state index is 0.0884. The summed E-state index contributed by atoms with van der Waals surface area (Å²) < 4.78 is 0. The molecule has 132 valence electrons. The van der Waals surface area contributed by atoms with Crippen LogP contribution in [-0.4, -0.2) is 35.7 Å². The molecule has 0 bridgehead atoms. The molecule has 1 fully saturated rings. The Balaban J connectivity index is 2.13. The van der Waals surface area contributed by atoms with Gasteiger partial charge in [0, 0.05) is 18.5 Å². The van der Waals surface area contributed by atoms with Gasteiger partial charge in [0.25, 0.3) is 5.91 Å². The quantitative estimate of drug-likeness (QED) is 0.875. The van der Waals surface area contributed by atoms with Crippen molar-refractivity contribution < 1.29 is 14.4 Å². The first kappa shape index (κ1) is 18.4. The molecule has 1 atom stereocenters. The third-order valence-electron chi connectivity index (χ3n) is 4.14. The molecule has 0 aromatic carbocycles. The Hall–Kier alpha value is -1.89. The lowest BCUT2D eigenvalue weighted by atomic mass is 9.96. The number of amides is 3. The van der Waals surface area contributed by atoms with Gasteiger partial charge in [-0.1, -0.05) is 20.8 Å². The fraction of sp³-hybridized carbons (Fsp3) is 0.588. The molecule has 1 aromatic heterocycles. The molecule has 7 heteroatoms. The van der Waals surface area contributed by atoms with Crippen LogP contribution in [-0.2, 0) is 9.59 Å². The average molecular weight is 351 g/mol. The zero-order valence-electron chi connectivity index (χ0n) is 14.6. The molecule has 0 unspecified atom stereocenters. The number of thiophene rings is 1. The van der Waals surface area contributed by atoms with Crippen LogP contribution in [0, 0.1) is 18.3 Å². The number of hydrogen-bond acceptors (Lipinski definition) is 4. The van der Waals surface area contributed by atoms with E-state index in [9.17, 15) is 14.4 Å². The van der Waals surface area contributed by atoms with E-state index in [-0.39, 0.29) is 23.6 Å². The van der Waals surface area contributed by atoms with Crippen molar-refractivity contribution in [1.82, 2.24) is 4.90 Å². The van der Waals surface area contributed by atoms with Crippen LogP contribution >= 0.6 is 11.3 Å². The van der Waals surface area contributed by atoms with E-state index < -0.39 is 5.41 Å². The molecule has 0 spiro atoms. The van der Waals surface area contributed by atoms with E-state index in [1.54, 1.807) is 4.90 Å². The van der Waals surface area contributed by atoms with Crippen LogP contribution in [0.5, 0.6) is 0 Å². The third kappa shape index (κ3) is 4.14. The predicted octanol–water partition coefficient (Wildman–Crippen LogP) is 2.38. The van der Waals surface area contributed by atoms with E-state index in [1.165, 1.54) is 11.3 Å². The molecular formula is C17H25N3O3S. The van der Waals surface area contributed by atoms with Crippen LogP contribution in [0.3, 0.4) is 0 Å². The van der Waals surface area contributed by atoms with E-state index in [0.717, 1.165) is 18.4 Å². The van der Waals surface area contributed by atoms with Gasteiger partial charge in [-0.25, -0.2) is 0 Å². The van der Waals surface area contributed by atoms with Crippen molar-refractivity contribution in [3.63, 3.8) is 0 Å². The summed E-state index contributed by atoms with van der Waals surface area (Å²) >= 11 is 1.28. The van der Waals surface area contributed by atoms with Gasteiger partial charge in [0.15, 0.2) is 0 Å². The molecule has 0 aliphatic carbocycles. The summed E-state index contributed by atoms with van der Waals surface area (Å²) in [6, 6.07) is 1.82. The van der Waals surface area contributed by atoms with Gasteiger partial charge >= 0.3 is 0 Å². The van der Waals surface area contributed by atoms with Gasteiger partial charge in [-0.3, -0.25) is 14.4 Å². The first-order chi connectivity index (χ1) is 11.1. The number of rotatable bonds is 3. The number of anilines is 1. The van der Waals surface area contributed by atoms with Crippen LogP contribution in [0.1, 0.15) is 48.8 Å². The second-order valence-corrected chi connectivity index (χ2v) is 8.37. The standard InChI is InChI=1S/C17H25N3O3S/c1-10-8-12(19-16(23)17(2,3)4)24-13(10)15(22)20-7-5-6-11(9-20)14(18)21/h8,11H,5-7,9H2,1-4H3,(H2,18,21)(H,19,23)/t11-/m0/s1. The molecule has 1 aromatic rings. The second kappa shape index (κ2) is 6.93. The molecule has 0 saturated carbocycles. The number of nitrogens with two attached hydrogens (primary N) is 1. The summed E-state index contributed by atoms with van der Waals surface area (Å²) in [5, 5.41) is 3.53. The number of hydrogen-bond donors (Lipinski definition) is 2. The SMILES string of the molecule is Cc1cc(NC(=O)C(C)(C)C)sc1C(=O)N1CCC[C@H](C(N)=O)C1. The van der Waals surface area contributed by atoms with E-state index >= 15 is 0 Å². The number of carbonyl (C=O) groups is 3. The Kier molecular flexibility index (Phi) is 5.32. The van der Waals surface area contributed by atoms with Crippen LogP contribution < -0.4 is 11.1 Å². The van der Waals surface area contributed by atoms with Gasteiger partial charge in [0.05, 0.1) is 15.8 Å². The van der Waals surface area contributed by atoms with E-state index in [2.05, 4.69) is 5.32 Å². The normalized spacial score (nSPS) is 18.3. The largest absolute Gasteiger partial charge is 0.369 e. The number of carbonyl (C=O) groups excluding carboxylic acids is 3. The van der Waals surface area contributed by atoms with Crippen LogP contribution in [0.2, 0.25) is 0 Å². The molecule has 1 aliphatic heterocycles. The molecule has 0 radical (unpaired) electrons. The highest BCUT2D eigenvalue weighted by Crippen LogP contribution is 2.30. The van der Waals surface area contributed by atoms with E-state index in [4.69, 9.17) is 5.73 Å². The minimum atomic E-state index is -0.496. The van der Waals surface area contributed by atoms with E-state index in [1.807, 2.05) is 33.8 Å². The summed E-state index contributed by atoms with van der Waals surface area (Å²) in [4.78, 5) is 38.5. The van der Waals surface area contributed by atoms with Crippen molar-refractivity contribution in [3.8, 4) is 0 Å². The minimum Gasteiger partial charge on any atom is -0.369 e. The van der Waals surface area contributed by atoms with Crippen molar-refractivity contribution in [3.05, 3.63) is 16.5 Å². The van der Waals surface area contributed by atoms with E-state index in [0.29, 0.717) is 23.0 Å². The van der Waals surface area contributed by atoms with Gasteiger partial charge in [0.2, 0.25) is 11.8 Å². The Morgan fingerprint density at radius 1 is 1.33 bits per heavy atom. The zero-order valence-corrected chi connectivity index (χ0v) is 15.5. The summed E-state index contributed by atoms with van der Waals surface area (Å²) in [5.41, 5.74) is 5.71. The first-order valence-corrected chi connectivity index (χ1v) is 8.91. The lowest BCUT2D eigenvalue weighted by Gasteiger charge is -2.31. The number of piperidine rings is 1. The fourth-order valence-electron chi connectivity index (χ4n) is 2.59. The smallest absolute Gasteiger partial charge is 0.264 e. The monoisotopic (exact) mass is 351 g/mol. The molecule has 6 nitrogen and oxygen atoms in total. The number of likely N-dealkylation sites (tertiary alicyclic amines) is 1. The summed E-state index contributed by atoms with van der Waals surface area (Å²) in [7, 11) is 0. The van der Waals surface area contributed by atoms with Crippen molar-refractivity contribution in [2.75, 3.05) is 18.4 Å². The van der Waals surface area contributed by atoms with Crippen molar-refractivity contribution >= 4 is 34.1 Å². The highest BCUT2D eigenvalue weighted by molar-refractivity contribution is 7.18. The summed E-state index contributed by atoms with van der Waals surface area (Å²) in [6.45, 7) is 8.37. The lowest BCUT2D eigenvalue weighted by molar-refractivity contribution is -0.123. The number of primary amides is 1. The summed E-state index contributed by atoms with van der Waals surface area (Å²) in [6.07, 6.45) is 1.51. The van der Waals surface area contributed by atoms with Crippen molar-refractivity contribution in [1.29, 1.82) is 0 Å². The molecule has 3 N–H and O–H groups in total. The molecule has 1 saturated heterocycles. The molecule has 3 amide bonds.